The minimum Gasteiger partial charge on any atom is -0.550 e. The zero-order valence-corrected chi connectivity index (χ0v) is 19.3. The van der Waals surface area contributed by atoms with E-state index in [9.17, 15) is 29.7 Å². The van der Waals surface area contributed by atoms with Gasteiger partial charge in [0.2, 0.25) is 0 Å². The minimum absolute atomic E-state index is 0. The predicted octanol–water partition coefficient (Wildman–Crippen LogP) is -11.7. The van der Waals surface area contributed by atoms with Crippen molar-refractivity contribution in [2.45, 2.75) is 20.3 Å². The molecular formula is C12H15Na3O6. The van der Waals surface area contributed by atoms with Gasteiger partial charge in [-0.3, -0.25) is 0 Å². The Balaban J connectivity index is -0.000000482. The number of carboxylic acids is 3. The fourth-order valence-corrected chi connectivity index (χ4v) is 2.10. The van der Waals surface area contributed by atoms with Crippen LogP contribution in [0, 0.1) is 23.7 Å². The molecule has 0 saturated carbocycles. The number of rotatable bonds is 8. The number of hydrogen-bond donors (Lipinski definition) is 0. The summed E-state index contributed by atoms with van der Waals surface area (Å²) in [7, 11) is 0. The quantitative estimate of drug-likeness (QED) is 0.323. The summed E-state index contributed by atoms with van der Waals surface area (Å²) in [4.78, 5) is 32.3. The van der Waals surface area contributed by atoms with E-state index in [4.69, 9.17) is 0 Å². The molecule has 4 atom stereocenters. The zero-order valence-electron chi connectivity index (χ0n) is 13.3. The maximum Gasteiger partial charge on any atom is 1.00 e. The summed E-state index contributed by atoms with van der Waals surface area (Å²) < 4.78 is 0. The summed E-state index contributed by atoms with van der Waals surface area (Å²) in [5, 5.41) is 32.3. The first-order valence-corrected chi connectivity index (χ1v) is 5.46. The molecule has 0 aromatic carbocycles. The molecule has 6 nitrogen and oxygen atoms in total. The minimum atomic E-state index is -1.50. The molecule has 0 radical (unpaired) electrons. The van der Waals surface area contributed by atoms with Gasteiger partial charge in [-0.05, 0) is 18.3 Å². The van der Waals surface area contributed by atoms with Crippen molar-refractivity contribution in [2.24, 2.45) is 23.7 Å². The van der Waals surface area contributed by atoms with Crippen LogP contribution >= 0.6 is 0 Å². The van der Waals surface area contributed by atoms with Crippen molar-refractivity contribution in [2.75, 3.05) is 0 Å². The third-order valence-corrected chi connectivity index (χ3v) is 3.03. The fourth-order valence-electron chi connectivity index (χ4n) is 2.10. The van der Waals surface area contributed by atoms with Crippen LogP contribution in [-0.2, 0) is 14.4 Å². The molecule has 0 saturated heterocycles. The number of aliphatic carboxylic acids is 3. The molecule has 0 fully saturated rings. The van der Waals surface area contributed by atoms with Gasteiger partial charge in [0.1, 0.15) is 0 Å². The summed E-state index contributed by atoms with van der Waals surface area (Å²) in [5.41, 5.74) is 0. The second-order valence-corrected chi connectivity index (χ2v) is 4.34. The number of carbonyl (C=O) groups is 3. The van der Waals surface area contributed by atoms with Crippen LogP contribution in [0.5, 0.6) is 0 Å². The van der Waals surface area contributed by atoms with E-state index in [1.807, 2.05) is 0 Å². The number of carbonyl (C=O) groups excluding carboxylic acids is 3. The molecular weight excluding hydrogens is 309 g/mol. The van der Waals surface area contributed by atoms with Crippen LogP contribution in [0.25, 0.3) is 0 Å². The smallest absolute Gasteiger partial charge is 0.550 e. The molecule has 0 heterocycles. The topological polar surface area (TPSA) is 120 Å². The van der Waals surface area contributed by atoms with Crippen LogP contribution in [0.2, 0.25) is 0 Å². The SMILES string of the molecule is C=CC(C(=O)[O-])C(C)C(C(=O)[O-])C(C)CC(=O)[O-].[Na+].[Na+].[Na+]. The monoisotopic (exact) mass is 324 g/mol. The summed E-state index contributed by atoms with van der Waals surface area (Å²) in [5.74, 6) is -8.46. The second kappa shape index (κ2) is 14.7. The maximum atomic E-state index is 11.0. The first kappa shape index (κ1) is 30.1. The molecule has 0 aromatic rings. The van der Waals surface area contributed by atoms with Crippen LogP contribution in [0.4, 0.5) is 0 Å². The molecule has 0 amide bonds. The average Bonchev–Trinajstić information content (AvgIpc) is 2.15. The zero-order chi connectivity index (χ0) is 14.5. The van der Waals surface area contributed by atoms with Gasteiger partial charge in [0.05, 0.1) is 0 Å². The van der Waals surface area contributed by atoms with E-state index >= 15 is 0 Å². The first-order valence-electron chi connectivity index (χ1n) is 5.46. The number of carboxylic acid groups (broad SMARTS) is 3. The summed E-state index contributed by atoms with van der Waals surface area (Å²) in [6.45, 7) is 6.08. The maximum absolute atomic E-state index is 11.0. The van der Waals surface area contributed by atoms with Gasteiger partial charge in [0.25, 0.3) is 0 Å². The Labute approximate surface area is 190 Å². The van der Waals surface area contributed by atoms with E-state index in [1.165, 1.54) is 13.8 Å². The van der Waals surface area contributed by atoms with Crippen molar-refractivity contribution < 1.29 is 118 Å². The van der Waals surface area contributed by atoms with E-state index < -0.39 is 48.0 Å². The predicted molar refractivity (Wildman–Crippen MR) is 55.1 cm³/mol. The molecule has 21 heavy (non-hydrogen) atoms. The van der Waals surface area contributed by atoms with Crippen LogP contribution in [0.3, 0.4) is 0 Å². The third-order valence-electron chi connectivity index (χ3n) is 3.03. The molecule has 0 N–H and O–H groups in total. The molecule has 9 heteroatoms. The molecule has 0 aromatic heterocycles. The third kappa shape index (κ3) is 10.5. The van der Waals surface area contributed by atoms with Crippen molar-refractivity contribution >= 4 is 17.9 Å². The van der Waals surface area contributed by atoms with Crippen LogP contribution < -0.4 is 104 Å². The van der Waals surface area contributed by atoms with Crippen molar-refractivity contribution in [3.63, 3.8) is 0 Å². The van der Waals surface area contributed by atoms with Crippen molar-refractivity contribution in [3.8, 4) is 0 Å². The van der Waals surface area contributed by atoms with Crippen LogP contribution in [0.1, 0.15) is 20.3 Å². The molecule has 0 aliphatic rings. The normalized spacial score (nSPS) is 14.8. The Hall–Kier alpha value is 1.15. The van der Waals surface area contributed by atoms with Gasteiger partial charge in [-0.1, -0.05) is 19.9 Å². The molecule has 102 valence electrons. The summed E-state index contributed by atoms with van der Waals surface area (Å²) in [6.07, 6.45) is 0.585. The van der Waals surface area contributed by atoms with Crippen LogP contribution in [0.15, 0.2) is 12.7 Å². The van der Waals surface area contributed by atoms with Crippen LogP contribution in [-0.4, -0.2) is 17.9 Å². The summed E-state index contributed by atoms with van der Waals surface area (Å²) in [6, 6.07) is 0. The van der Waals surface area contributed by atoms with Gasteiger partial charge in [-0.2, -0.15) is 0 Å². The Morgan fingerprint density at radius 2 is 1.43 bits per heavy atom. The molecule has 4 unspecified atom stereocenters. The second-order valence-electron chi connectivity index (χ2n) is 4.34. The van der Waals surface area contributed by atoms with E-state index in [1.54, 1.807) is 0 Å². The van der Waals surface area contributed by atoms with E-state index in [-0.39, 0.29) is 88.7 Å². The molecule has 0 rings (SSSR count). The van der Waals surface area contributed by atoms with Gasteiger partial charge < -0.3 is 29.7 Å². The van der Waals surface area contributed by atoms with Gasteiger partial charge >= 0.3 is 88.7 Å². The number of hydrogen-bond acceptors (Lipinski definition) is 6. The van der Waals surface area contributed by atoms with Crippen molar-refractivity contribution in [3.05, 3.63) is 12.7 Å². The Bertz CT molecular complexity index is 361. The molecule has 0 bridgehead atoms. The Morgan fingerprint density at radius 1 is 1.00 bits per heavy atom. The molecule has 0 aliphatic carbocycles. The van der Waals surface area contributed by atoms with Gasteiger partial charge in [0, 0.05) is 29.7 Å². The standard InChI is InChI=1S/C12H18O6.3Na/c1-4-8(11(15)16)7(3)10(12(17)18)6(2)5-9(13)14;;;/h4,6-8,10H,1,5H2,2-3H3,(H,13,14)(H,15,16)(H,17,18);;;/q;3*+1/p-3. The first-order chi connectivity index (χ1) is 8.22. The Morgan fingerprint density at radius 3 is 1.67 bits per heavy atom. The molecule has 0 aliphatic heterocycles. The van der Waals surface area contributed by atoms with Gasteiger partial charge in [-0.25, -0.2) is 0 Å². The Kier molecular flexibility index (Phi) is 21.1. The van der Waals surface area contributed by atoms with Gasteiger partial charge in [0.15, 0.2) is 0 Å². The fraction of sp³-hybridized carbons (Fsp3) is 0.583. The largest absolute Gasteiger partial charge is 1.00 e. The van der Waals surface area contributed by atoms with Crippen molar-refractivity contribution in [1.29, 1.82) is 0 Å². The van der Waals surface area contributed by atoms with E-state index in [0.29, 0.717) is 0 Å². The van der Waals surface area contributed by atoms with E-state index in [2.05, 4.69) is 6.58 Å². The van der Waals surface area contributed by atoms with Crippen molar-refractivity contribution in [1.82, 2.24) is 0 Å². The van der Waals surface area contributed by atoms with Gasteiger partial charge in [-0.15, -0.1) is 6.58 Å². The average molecular weight is 324 g/mol. The van der Waals surface area contributed by atoms with E-state index in [0.717, 1.165) is 6.08 Å². The molecule has 0 spiro atoms. The summed E-state index contributed by atoms with van der Waals surface area (Å²) >= 11 is 0.